The van der Waals surface area contributed by atoms with Crippen molar-refractivity contribution in [2.24, 2.45) is 0 Å². The second kappa shape index (κ2) is 5.39. The maximum absolute atomic E-state index is 2.34. The van der Waals surface area contributed by atoms with E-state index in [2.05, 4.69) is 70.2 Å². The van der Waals surface area contributed by atoms with Gasteiger partial charge in [-0.3, -0.25) is 0 Å². The number of hydrogen-bond donors (Lipinski definition) is 0. The standard InChI is InChI=1S/C18H22/c1-5-14(3)18-12-13(2)10-11-17(18)16-9-7-6-8-15(16)4/h6-12,14H,5H2,1-4H3. The quantitative estimate of drug-likeness (QED) is 0.663. The Labute approximate surface area is 111 Å². The topological polar surface area (TPSA) is 0 Å². The van der Waals surface area contributed by atoms with Crippen LogP contribution in [0, 0.1) is 13.8 Å². The fraction of sp³-hybridized carbons (Fsp3) is 0.333. The summed E-state index contributed by atoms with van der Waals surface area (Å²) in [6, 6.07) is 15.5. The molecule has 94 valence electrons. The fourth-order valence-electron chi connectivity index (χ4n) is 2.43. The van der Waals surface area contributed by atoms with E-state index in [4.69, 9.17) is 0 Å². The van der Waals surface area contributed by atoms with Gasteiger partial charge in [-0.1, -0.05) is 61.9 Å². The summed E-state index contributed by atoms with van der Waals surface area (Å²) in [5.74, 6) is 0.611. The van der Waals surface area contributed by atoms with Crippen molar-refractivity contribution < 1.29 is 0 Å². The Hall–Kier alpha value is -1.56. The molecule has 0 fully saturated rings. The van der Waals surface area contributed by atoms with Gasteiger partial charge in [0.25, 0.3) is 0 Å². The molecule has 0 N–H and O–H groups in total. The van der Waals surface area contributed by atoms with E-state index >= 15 is 0 Å². The molecule has 0 saturated heterocycles. The van der Waals surface area contributed by atoms with Gasteiger partial charge in [0.2, 0.25) is 0 Å². The molecule has 0 aliphatic carbocycles. The Kier molecular flexibility index (Phi) is 3.86. The van der Waals surface area contributed by atoms with Crippen LogP contribution in [-0.2, 0) is 0 Å². The minimum Gasteiger partial charge on any atom is -0.0648 e. The highest BCUT2D eigenvalue weighted by Crippen LogP contribution is 2.33. The predicted molar refractivity (Wildman–Crippen MR) is 80.1 cm³/mol. The van der Waals surface area contributed by atoms with Crippen molar-refractivity contribution in [1.82, 2.24) is 0 Å². The minimum atomic E-state index is 0.611. The van der Waals surface area contributed by atoms with Gasteiger partial charge in [-0.25, -0.2) is 0 Å². The average Bonchev–Trinajstić information content (AvgIpc) is 2.39. The van der Waals surface area contributed by atoms with Crippen molar-refractivity contribution in [3.8, 4) is 11.1 Å². The van der Waals surface area contributed by atoms with Gasteiger partial charge < -0.3 is 0 Å². The van der Waals surface area contributed by atoms with Gasteiger partial charge in [0.1, 0.15) is 0 Å². The molecule has 0 amide bonds. The molecule has 0 aliphatic rings. The number of rotatable bonds is 3. The Balaban J connectivity index is 2.61. The van der Waals surface area contributed by atoms with Crippen LogP contribution in [0.5, 0.6) is 0 Å². The highest BCUT2D eigenvalue weighted by atomic mass is 14.2. The molecular weight excluding hydrogens is 216 g/mol. The summed E-state index contributed by atoms with van der Waals surface area (Å²) < 4.78 is 0. The van der Waals surface area contributed by atoms with Crippen molar-refractivity contribution in [3.05, 3.63) is 59.2 Å². The summed E-state index contributed by atoms with van der Waals surface area (Å²) in [4.78, 5) is 0. The zero-order chi connectivity index (χ0) is 13.1. The molecule has 2 aromatic rings. The molecule has 0 spiro atoms. The lowest BCUT2D eigenvalue weighted by Gasteiger charge is -2.17. The first-order valence-electron chi connectivity index (χ1n) is 6.80. The van der Waals surface area contributed by atoms with Gasteiger partial charge in [-0.15, -0.1) is 0 Å². The molecule has 0 saturated carbocycles. The molecule has 18 heavy (non-hydrogen) atoms. The van der Waals surface area contributed by atoms with Gasteiger partial charge in [0.05, 0.1) is 0 Å². The highest BCUT2D eigenvalue weighted by molar-refractivity contribution is 5.71. The van der Waals surface area contributed by atoms with Gasteiger partial charge in [0, 0.05) is 0 Å². The second-order valence-electron chi connectivity index (χ2n) is 5.21. The smallest absolute Gasteiger partial charge is 0.0146 e. The van der Waals surface area contributed by atoms with Crippen molar-refractivity contribution in [2.45, 2.75) is 40.0 Å². The second-order valence-corrected chi connectivity index (χ2v) is 5.21. The van der Waals surface area contributed by atoms with E-state index in [1.54, 1.807) is 0 Å². The van der Waals surface area contributed by atoms with E-state index in [-0.39, 0.29) is 0 Å². The summed E-state index contributed by atoms with van der Waals surface area (Å²) in [5, 5.41) is 0. The molecule has 0 bridgehead atoms. The summed E-state index contributed by atoms with van der Waals surface area (Å²) in [5.41, 5.74) is 6.95. The molecule has 2 rings (SSSR count). The van der Waals surface area contributed by atoms with Crippen molar-refractivity contribution in [1.29, 1.82) is 0 Å². The number of aryl methyl sites for hydroxylation is 2. The van der Waals surface area contributed by atoms with Gasteiger partial charge in [0.15, 0.2) is 0 Å². The van der Waals surface area contributed by atoms with Crippen LogP contribution in [0.1, 0.15) is 42.9 Å². The van der Waals surface area contributed by atoms with Crippen LogP contribution in [0.2, 0.25) is 0 Å². The molecule has 0 radical (unpaired) electrons. The molecule has 0 heteroatoms. The Morgan fingerprint density at radius 3 is 2.33 bits per heavy atom. The zero-order valence-electron chi connectivity index (χ0n) is 11.8. The van der Waals surface area contributed by atoms with Crippen molar-refractivity contribution in [2.75, 3.05) is 0 Å². The van der Waals surface area contributed by atoms with Crippen molar-refractivity contribution >= 4 is 0 Å². The van der Waals surface area contributed by atoms with Crippen molar-refractivity contribution in [3.63, 3.8) is 0 Å². The fourth-order valence-corrected chi connectivity index (χ4v) is 2.43. The van der Waals surface area contributed by atoms with E-state index < -0.39 is 0 Å². The minimum absolute atomic E-state index is 0.611. The monoisotopic (exact) mass is 238 g/mol. The average molecular weight is 238 g/mol. The largest absolute Gasteiger partial charge is 0.0648 e. The lowest BCUT2D eigenvalue weighted by atomic mass is 9.87. The van der Waals surface area contributed by atoms with E-state index in [1.807, 2.05) is 0 Å². The van der Waals surface area contributed by atoms with E-state index in [1.165, 1.54) is 34.2 Å². The third-order valence-electron chi connectivity index (χ3n) is 3.79. The first-order chi connectivity index (χ1) is 8.63. The molecule has 1 unspecified atom stereocenters. The molecule has 0 aliphatic heterocycles. The number of hydrogen-bond acceptors (Lipinski definition) is 0. The Bertz CT molecular complexity index is 537. The Morgan fingerprint density at radius 2 is 1.67 bits per heavy atom. The molecular formula is C18H22. The normalized spacial score (nSPS) is 12.4. The van der Waals surface area contributed by atoms with Crippen LogP contribution >= 0.6 is 0 Å². The first kappa shape index (κ1) is 12.9. The van der Waals surface area contributed by atoms with Crippen LogP contribution in [-0.4, -0.2) is 0 Å². The maximum atomic E-state index is 2.34. The maximum Gasteiger partial charge on any atom is -0.0146 e. The molecule has 0 aromatic heterocycles. The summed E-state index contributed by atoms with van der Waals surface area (Å²) in [7, 11) is 0. The summed E-state index contributed by atoms with van der Waals surface area (Å²) >= 11 is 0. The van der Waals surface area contributed by atoms with Crippen LogP contribution in [0.15, 0.2) is 42.5 Å². The third-order valence-corrected chi connectivity index (χ3v) is 3.79. The van der Waals surface area contributed by atoms with Gasteiger partial charge in [-0.05, 0) is 48.4 Å². The summed E-state index contributed by atoms with van der Waals surface area (Å²) in [6.45, 7) is 8.94. The van der Waals surface area contributed by atoms with Gasteiger partial charge >= 0.3 is 0 Å². The van der Waals surface area contributed by atoms with Crippen LogP contribution in [0.25, 0.3) is 11.1 Å². The third kappa shape index (κ3) is 2.48. The number of benzene rings is 2. The van der Waals surface area contributed by atoms with Crippen LogP contribution in [0.3, 0.4) is 0 Å². The molecule has 0 heterocycles. The highest BCUT2D eigenvalue weighted by Gasteiger charge is 2.12. The molecule has 2 aromatic carbocycles. The lowest BCUT2D eigenvalue weighted by molar-refractivity contribution is 0.734. The van der Waals surface area contributed by atoms with E-state index in [9.17, 15) is 0 Å². The lowest BCUT2D eigenvalue weighted by Crippen LogP contribution is -1.97. The van der Waals surface area contributed by atoms with Gasteiger partial charge in [-0.2, -0.15) is 0 Å². The molecule has 0 nitrogen and oxygen atoms in total. The Morgan fingerprint density at radius 1 is 0.944 bits per heavy atom. The predicted octanol–water partition coefficient (Wildman–Crippen LogP) is 5.48. The van der Waals surface area contributed by atoms with E-state index in [0.29, 0.717) is 5.92 Å². The van der Waals surface area contributed by atoms with Crippen LogP contribution < -0.4 is 0 Å². The molecule has 1 atom stereocenters. The summed E-state index contributed by atoms with van der Waals surface area (Å²) in [6.07, 6.45) is 1.18. The SMILES string of the molecule is CCC(C)c1cc(C)ccc1-c1ccccc1C. The van der Waals surface area contributed by atoms with Crippen LogP contribution in [0.4, 0.5) is 0 Å². The first-order valence-corrected chi connectivity index (χ1v) is 6.80. The van der Waals surface area contributed by atoms with E-state index in [0.717, 1.165) is 0 Å². The zero-order valence-corrected chi connectivity index (χ0v) is 11.8.